The lowest BCUT2D eigenvalue weighted by atomic mass is 9.95. The molecule has 0 aromatic heterocycles. The molecule has 0 fully saturated rings. The Morgan fingerprint density at radius 3 is 1.50 bits per heavy atom. The molecule has 0 unspecified atom stereocenters. The van der Waals surface area contributed by atoms with Gasteiger partial charge >= 0.3 is 0 Å². The second-order valence-electron chi connectivity index (χ2n) is 3.47. The first-order valence-electron chi connectivity index (χ1n) is 4.46. The molecule has 1 aliphatic rings. The monoisotopic (exact) mass is 138 g/mol. The maximum absolute atomic E-state index is 2.29. The van der Waals surface area contributed by atoms with Gasteiger partial charge in [0.1, 0.15) is 0 Å². The van der Waals surface area contributed by atoms with E-state index >= 15 is 0 Å². The standard InChI is InChI=1S/C10H18/c1-9-7-5-3-4-6-8-10(9)2/h3-8H2,1-2H3/b10-9-. The van der Waals surface area contributed by atoms with Gasteiger partial charge < -0.3 is 0 Å². The normalized spacial score (nSPS) is 29.4. The minimum atomic E-state index is 1.35. The van der Waals surface area contributed by atoms with E-state index in [9.17, 15) is 0 Å². The molecule has 0 amide bonds. The summed E-state index contributed by atoms with van der Waals surface area (Å²) in [4.78, 5) is 0. The summed E-state index contributed by atoms with van der Waals surface area (Å²) in [7, 11) is 0. The molecule has 0 aliphatic heterocycles. The van der Waals surface area contributed by atoms with Crippen LogP contribution < -0.4 is 0 Å². The van der Waals surface area contributed by atoms with Crippen molar-refractivity contribution in [1.29, 1.82) is 0 Å². The number of allylic oxidation sites excluding steroid dienone is 2. The summed E-state index contributed by atoms with van der Waals surface area (Å²) < 4.78 is 0. The number of hydrogen-bond donors (Lipinski definition) is 0. The summed E-state index contributed by atoms with van der Waals surface area (Å²) >= 11 is 0. The molecule has 0 aromatic rings. The molecule has 0 saturated heterocycles. The molecular weight excluding hydrogens is 120 g/mol. The van der Waals surface area contributed by atoms with Crippen LogP contribution in [0.4, 0.5) is 0 Å². The highest BCUT2D eigenvalue weighted by Crippen LogP contribution is 2.21. The van der Waals surface area contributed by atoms with Gasteiger partial charge in [-0.25, -0.2) is 0 Å². The first-order valence-corrected chi connectivity index (χ1v) is 4.46. The van der Waals surface area contributed by atoms with Crippen molar-refractivity contribution in [2.75, 3.05) is 0 Å². The average Bonchev–Trinajstić information content (AvgIpc) is 1.92. The molecular formula is C10H18. The summed E-state index contributed by atoms with van der Waals surface area (Å²) in [5, 5.41) is 0. The van der Waals surface area contributed by atoms with E-state index in [0.717, 1.165) is 0 Å². The van der Waals surface area contributed by atoms with Crippen LogP contribution in [0.15, 0.2) is 11.1 Å². The minimum Gasteiger partial charge on any atom is -0.0744 e. The van der Waals surface area contributed by atoms with Crippen LogP contribution in [-0.2, 0) is 0 Å². The fourth-order valence-corrected chi connectivity index (χ4v) is 1.56. The summed E-state index contributed by atoms with van der Waals surface area (Å²) in [5.74, 6) is 0. The van der Waals surface area contributed by atoms with Crippen molar-refractivity contribution in [2.45, 2.75) is 52.4 Å². The highest BCUT2D eigenvalue weighted by Gasteiger charge is 2.01. The molecule has 0 nitrogen and oxygen atoms in total. The molecule has 0 heterocycles. The first-order chi connectivity index (χ1) is 4.80. The quantitative estimate of drug-likeness (QED) is 0.448. The van der Waals surface area contributed by atoms with Gasteiger partial charge in [-0.15, -0.1) is 0 Å². The molecule has 0 saturated carbocycles. The molecule has 0 radical (unpaired) electrons. The Balaban J connectivity index is 2.51. The van der Waals surface area contributed by atoms with Crippen molar-refractivity contribution in [3.8, 4) is 0 Å². The average molecular weight is 138 g/mol. The second-order valence-corrected chi connectivity index (χ2v) is 3.47. The van der Waals surface area contributed by atoms with Gasteiger partial charge in [0, 0.05) is 0 Å². The Bertz CT molecular complexity index is 115. The zero-order valence-corrected chi connectivity index (χ0v) is 7.24. The van der Waals surface area contributed by atoms with Crippen LogP contribution in [0.25, 0.3) is 0 Å². The summed E-state index contributed by atoms with van der Waals surface area (Å²) in [6.07, 6.45) is 8.44. The van der Waals surface area contributed by atoms with E-state index in [1.807, 2.05) is 0 Å². The van der Waals surface area contributed by atoms with Gasteiger partial charge in [0.25, 0.3) is 0 Å². The van der Waals surface area contributed by atoms with Gasteiger partial charge in [0.05, 0.1) is 0 Å². The van der Waals surface area contributed by atoms with Crippen molar-refractivity contribution in [1.82, 2.24) is 0 Å². The van der Waals surface area contributed by atoms with Crippen LogP contribution in [0.2, 0.25) is 0 Å². The van der Waals surface area contributed by atoms with Crippen LogP contribution in [-0.4, -0.2) is 0 Å². The van der Waals surface area contributed by atoms with Crippen molar-refractivity contribution in [3.63, 3.8) is 0 Å². The van der Waals surface area contributed by atoms with Gasteiger partial charge in [-0.05, 0) is 39.5 Å². The van der Waals surface area contributed by atoms with E-state index in [2.05, 4.69) is 13.8 Å². The molecule has 1 rings (SSSR count). The highest BCUT2D eigenvalue weighted by molar-refractivity contribution is 5.09. The predicted molar refractivity (Wildman–Crippen MR) is 46.1 cm³/mol. The van der Waals surface area contributed by atoms with Gasteiger partial charge in [-0.1, -0.05) is 24.0 Å². The fraction of sp³-hybridized carbons (Fsp3) is 0.800. The molecule has 58 valence electrons. The Morgan fingerprint density at radius 1 is 0.700 bits per heavy atom. The van der Waals surface area contributed by atoms with Gasteiger partial charge in [0.15, 0.2) is 0 Å². The van der Waals surface area contributed by atoms with E-state index in [1.165, 1.54) is 38.5 Å². The van der Waals surface area contributed by atoms with Crippen LogP contribution >= 0.6 is 0 Å². The minimum absolute atomic E-state index is 1.35. The van der Waals surface area contributed by atoms with Gasteiger partial charge in [-0.3, -0.25) is 0 Å². The van der Waals surface area contributed by atoms with E-state index in [4.69, 9.17) is 0 Å². The maximum atomic E-state index is 2.29. The Hall–Kier alpha value is -0.260. The predicted octanol–water partition coefficient (Wildman–Crippen LogP) is 3.68. The number of hydrogen-bond acceptors (Lipinski definition) is 0. The SMILES string of the molecule is C/C1=C(\C)CCCCCC1. The molecule has 0 atom stereocenters. The summed E-state index contributed by atoms with van der Waals surface area (Å²) in [5.41, 5.74) is 3.30. The van der Waals surface area contributed by atoms with Crippen molar-refractivity contribution >= 4 is 0 Å². The smallest absolute Gasteiger partial charge is 0.0320 e. The third-order valence-corrected chi connectivity index (χ3v) is 2.58. The molecule has 1 aliphatic carbocycles. The summed E-state index contributed by atoms with van der Waals surface area (Å²) in [6.45, 7) is 4.58. The van der Waals surface area contributed by atoms with Crippen molar-refractivity contribution in [2.24, 2.45) is 0 Å². The zero-order valence-electron chi connectivity index (χ0n) is 7.24. The lowest BCUT2D eigenvalue weighted by Gasteiger charge is -2.11. The van der Waals surface area contributed by atoms with Crippen LogP contribution in [0.5, 0.6) is 0 Å². The van der Waals surface area contributed by atoms with E-state index in [1.54, 1.807) is 11.1 Å². The molecule has 10 heavy (non-hydrogen) atoms. The first kappa shape index (κ1) is 7.84. The largest absolute Gasteiger partial charge is 0.0744 e. The van der Waals surface area contributed by atoms with Crippen molar-refractivity contribution < 1.29 is 0 Å². The van der Waals surface area contributed by atoms with E-state index in [-0.39, 0.29) is 0 Å². The van der Waals surface area contributed by atoms with E-state index in [0.29, 0.717) is 0 Å². The third kappa shape index (κ3) is 2.17. The fourth-order valence-electron chi connectivity index (χ4n) is 1.56. The van der Waals surface area contributed by atoms with Crippen LogP contribution in [0.1, 0.15) is 52.4 Å². The lowest BCUT2D eigenvalue weighted by molar-refractivity contribution is 0.611. The van der Waals surface area contributed by atoms with Gasteiger partial charge in [-0.2, -0.15) is 0 Å². The Kier molecular flexibility index (Phi) is 2.98. The van der Waals surface area contributed by atoms with Crippen LogP contribution in [0, 0.1) is 0 Å². The van der Waals surface area contributed by atoms with Gasteiger partial charge in [0.2, 0.25) is 0 Å². The number of rotatable bonds is 0. The second kappa shape index (κ2) is 3.80. The third-order valence-electron chi connectivity index (χ3n) is 2.58. The topological polar surface area (TPSA) is 0 Å². The highest BCUT2D eigenvalue weighted by atomic mass is 14.1. The van der Waals surface area contributed by atoms with Crippen LogP contribution in [0.3, 0.4) is 0 Å². The lowest BCUT2D eigenvalue weighted by Crippen LogP contribution is -1.91. The molecule has 0 N–H and O–H groups in total. The Morgan fingerprint density at radius 2 is 1.10 bits per heavy atom. The van der Waals surface area contributed by atoms with Crippen molar-refractivity contribution in [3.05, 3.63) is 11.1 Å². The molecule has 0 bridgehead atoms. The molecule has 0 spiro atoms. The zero-order chi connectivity index (χ0) is 7.40. The maximum Gasteiger partial charge on any atom is -0.0320 e. The molecule has 0 heteroatoms. The summed E-state index contributed by atoms with van der Waals surface area (Å²) in [6, 6.07) is 0. The van der Waals surface area contributed by atoms with E-state index < -0.39 is 0 Å². The molecule has 0 aromatic carbocycles. The Labute approximate surface area is 64.3 Å².